The lowest BCUT2D eigenvalue weighted by Gasteiger charge is -2.32. The number of ether oxygens (including phenoxy) is 2. The highest BCUT2D eigenvalue weighted by atomic mass is 32.1. The van der Waals surface area contributed by atoms with Crippen LogP contribution < -0.4 is 0 Å². The Kier molecular flexibility index (Phi) is 5.24. The predicted molar refractivity (Wildman–Crippen MR) is 95.4 cm³/mol. The first-order valence-corrected chi connectivity index (χ1v) is 9.04. The molecule has 1 unspecified atom stereocenters. The molecule has 1 fully saturated rings. The van der Waals surface area contributed by atoms with E-state index >= 15 is 0 Å². The van der Waals surface area contributed by atoms with Crippen LogP contribution in [-0.4, -0.2) is 54.3 Å². The summed E-state index contributed by atoms with van der Waals surface area (Å²) >= 11 is 1.62. The monoisotopic (exact) mass is 362 g/mol. The number of methoxy groups -OCH3 is 1. The van der Waals surface area contributed by atoms with Crippen LogP contribution in [0.1, 0.15) is 27.2 Å². The molecular formula is C18H22N2O4S. The fourth-order valence-electron chi connectivity index (χ4n) is 2.97. The third kappa shape index (κ3) is 3.62. The number of aryl methyl sites for hydroxylation is 1. The van der Waals surface area contributed by atoms with Gasteiger partial charge in [0.15, 0.2) is 0 Å². The molecule has 0 aromatic carbocycles. The number of nitrogens with zero attached hydrogens (tertiary/aromatic N) is 2. The van der Waals surface area contributed by atoms with Crippen molar-refractivity contribution in [1.82, 2.24) is 9.47 Å². The summed E-state index contributed by atoms with van der Waals surface area (Å²) < 4.78 is 12.3. The van der Waals surface area contributed by atoms with E-state index in [2.05, 4.69) is 0 Å². The van der Waals surface area contributed by atoms with E-state index in [1.54, 1.807) is 16.2 Å². The Morgan fingerprint density at radius 1 is 1.32 bits per heavy atom. The van der Waals surface area contributed by atoms with Crippen LogP contribution in [0.2, 0.25) is 0 Å². The molecule has 1 aliphatic heterocycles. The summed E-state index contributed by atoms with van der Waals surface area (Å²) in [5.41, 5.74) is 1.74. The maximum atomic E-state index is 13.2. The van der Waals surface area contributed by atoms with Crippen molar-refractivity contribution < 1.29 is 19.1 Å². The molecule has 0 N–H and O–H groups in total. The van der Waals surface area contributed by atoms with Crippen molar-refractivity contribution in [1.29, 1.82) is 0 Å². The van der Waals surface area contributed by atoms with Gasteiger partial charge in [-0.2, -0.15) is 0 Å². The molecule has 1 saturated heterocycles. The average Bonchev–Trinajstić information content (AvgIpc) is 3.23. The Balaban J connectivity index is 1.84. The minimum absolute atomic E-state index is 0.0104. The molecule has 1 aliphatic rings. The van der Waals surface area contributed by atoms with Gasteiger partial charge in [0.2, 0.25) is 0 Å². The van der Waals surface area contributed by atoms with Crippen LogP contribution in [0.5, 0.6) is 0 Å². The fourth-order valence-corrected chi connectivity index (χ4v) is 4.08. The van der Waals surface area contributed by atoms with Gasteiger partial charge in [-0.25, -0.2) is 0 Å². The van der Waals surface area contributed by atoms with Crippen LogP contribution in [0, 0.1) is 13.8 Å². The zero-order valence-electron chi connectivity index (χ0n) is 14.7. The van der Waals surface area contributed by atoms with Gasteiger partial charge in [0.1, 0.15) is 5.00 Å². The number of thiophene rings is 1. The molecule has 3 heterocycles. The van der Waals surface area contributed by atoms with Gasteiger partial charge in [-0.3, -0.25) is 9.59 Å². The number of rotatable bonds is 4. The first kappa shape index (κ1) is 17.7. The van der Waals surface area contributed by atoms with Crippen LogP contribution in [0.3, 0.4) is 0 Å². The summed E-state index contributed by atoms with van der Waals surface area (Å²) in [5, 5.41) is 0.931. The maximum absolute atomic E-state index is 13.2. The number of carbonyl (C=O) groups excluding carboxylic acids is 2. The van der Waals surface area contributed by atoms with Crippen molar-refractivity contribution in [3.05, 3.63) is 40.5 Å². The molecule has 3 rings (SSSR count). The Morgan fingerprint density at radius 2 is 2.04 bits per heavy atom. The molecule has 7 heteroatoms. The van der Waals surface area contributed by atoms with E-state index in [9.17, 15) is 9.59 Å². The lowest BCUT2D eigenvalue weighted by Crippen LogP contribution is -2.46. The van der Waals surface area contributed by atoms with Crippen molar-refractivity contribution in [2.45, 2.75) is 26.4 Å². The summed E-state index contributed by atoms with van der Waals surface area (Å²) in [4.78, 5) is 27.6. The average molecular weight is 362 g/mol. The molecular weight excluding hydrogens is 340 g/mol. The van der Waals surface area contributed by atoms with Gasteiger partial charge in [-0.15, -0.1) is 11.3 Å². The topological polar surface area (TPSA) is 60.8 Å². The van der Waals surface area contributed by atoms with Crippen LogP contribution >= 0.6 is 11.3 Å². The van der Waals surface area contributed by atoms with Crippen LogP contribution in [0.15, 0.2) is 24.5 Å². The van der Waals surface area contributed by atoms with E-state index in [4.69, 9.17) is 9.47 Å². The maximum Gasteiger partial charge on any atom is 0.308 e. The predicted octanol–water partition coefficient (Wildman–Crippen LogP) is 2.56. The number of carbonyl (C=O) groups is 2. The van der Waals surface area contributed by atoms with Gasteiger partial charge in [-0.05, 0) is 31.5 Å². The lowest BCUT2D eigenvalue weighted by molar-refractivity contribution is -0.145. The summed E-state index contributed by atoms with van der Waals surface area (Å²) in [5.74, 6) is -0.335. The molecule has 1 atom stereocenters. The molecule has 0 spiro atoms. The number of hydrogen-bond donors (Lipinski definition) is 0. The largest absolute Gasteiger partial charge is 0.469 e. The third-order valence-corrected chi connectivity index (χ3v) is 5.69. The lowest BCUT2D eigenvalue weighted by atomic mass is 10.1. The Morgan fingerprint density at radius 3 is 2.72 bits per heavy atom. The van der Waals surface area contributed by atoms with E-state index < -0.39 is 0 Å². The Bertz CT molecular complexity index is 766. The van der Waals surface area contributed by atoms with Gasteiger partial charge in [-0.1, -0.05) is 0 Å². The minimum Gasteiger partial charge on any atom is -0.469 e. The van der Waals surface area contributed by atoms with Crippen molar-refractivity contribution >= 4 is 23.2 Å². The molecule has 0 aliphatic carbocycles. The van der Waals surface area contributed by atoms with Crippen molar-refractivity contribution in [2.24, 2.45) is 0 Å². The molecule has 1 amide bonds. The number of esters is 1. The molecule has 0 radical (unpaired) electrons. The zero-order valence-corrected chi connectivity index (χ0v) is 15.5. The van der Waals surface area contributed by atoms with Crippen LogP contribution in [0.4, 0.5) is 0 Å². The number of amides is 1. The van der Waals surface area contributed by atoms with E-state index in [0.29, 0.717) is 19.7 Å². The Labute approximate surface area is 151 Å². The highest BCUT2D eigenvalue weighted by Crippen LogP contribution is 2.32. The van der Waals surface area contributed by atoms with Gasteiger partial charge < -0.3 is 18.9 Å². The van der Waals surface area contributed by atoms with E-state index in [1.165, 1.54) is 7.11 Å². The van der Waals surface area contributed by atoms with E-state index in [-0.39, 0.29) is 24.4 Å². The minimum atomic E-state index is -0.324. The highest BCUT2D eigenvalue weighted by Gasteiger charge is 2.30. The van der Waals surface area contributed by atoms with Crippen molar-refractivity contribution in [3.8, 4) is 5.00 Å². The second kappa shape index (κ2) is 7.41. The number of aromatic nitrogens is 1. The molecule has 0 bridgehead atoms. The summed E-state index contributed by atoms with van der Waals surface area (Å²) in [6.45, 7) is 5.36. The molecule has 6 nitrogen and oxygen atoms in total. The van der Waals surface area contributed by atoms with Gasteiger partial charge >= 0.3 is 5.97 Å². The van der Waals surface area contributed by atoms with Crippen molar-refractivity contribution in [3.63, 3.8) is 0 Å². The summed E-state index contributed by atoms with van der Waals surface area (Å²) in [6, 6.07) is 3.89. The van der Waals surface area contributed by atoms with E-state index in [1.807, 2.05) is 42.9 Å². The second-order valence-corrected chi connectivity index (χ2v) is 7.28. The first-order valence-electron chi connectivity index (χ1n) is 8.22. The SMILES string of the molecule is COC(=O)CC1CN(C(=O)c2c(-n3cccc3)sc(C)c2C)CCO1. The standard InChI is InChI=1S/C18H22N2O4S/c1-12-13(2)25-18(19-6-4-5-7-19)16(12)17(22)20-8-9-24-14(11-20)10-15(21)23-3/h4-7,14H,8-11H2,1-3H3. The molecule has 0 saturated carbocycles. The molecule has 2 aromatic rings. The Hall–Kier alpha value is -2.12. The third-order valence-electron chi connectivity index (χ3n) is 4.47. The quantitative estimate of drug-likeness (QED) is 0.785. The molecule has 25 heavy (non-hydrogen) atoms. The van der Waals surface area contributed by atoms with Crippen LogP contribution in [0.25, 0.3) is 5.00 Å². The zero-order chi connectivity index (χ0) is 18.0. The van der Waals surface area contributed by atoms with Gasteiger partial charge in [0.05, 0.1) is 31.8 Å². The summed E-state index contributed by atoms with van der Waals surface area (Å²) in [6.07, 6.45) is 3.73. The van der Waals surface area contributed by atoms with Crippen LogP contribution in [-0.2, 0) is 14.3 Å². The van der Waals surface area contributed by atoms with E-state index in [0.717, 1.165) is 21.0 Å². The van der Waals surface area contributed by atoms with Gasteiger partial charge in [0.25, 0.3) is 5.91 Å². The van der Waals surface area contributed by atoms with Gasteiger partial charge in [0, 0.05) is 30.4 Å². The molecule has 134 valence electrons. The summed E-state index contributed by atoms with van der Waals surface area (Å²) in [7, 11) is 1.36. The second-order valence-electron chi connectivity index (χ2n) is 6.08. The number of hydrogen-bond acceptors (Lipinski definition) is 5. The normalized spacial score (nSPS) is 17.6. The highest BCUT2D eigenvalue weighted by molar-refractivity contribution is 7.15. The number of morpholine rings is 1. The fraction of sp³-hybridized carbons (Fsp3) is 0.444. The first-order chi connectivity index (χ1) is 12.0. The van der Waals surface area contributed by atoms with Crippen molar-refractivity contribution in [2.75, 3.05) is 26.8 Å². The molecule has 2 aromatic heterocycles. The smallest absolute Gasteiger partial charge is 0.308 e.